The fourth-order valence-electron chi connectivity index (χ4n) is 4.89. The van der Waals surface area contributed by atoms with E-state index in [1.807, 2.05) is 13.0 Å². The van der Waals surface area contributed by atoms with Crippen LogP contribution in [0.15, 0.2) is 60.7 Å². The number of ether oxygens (including phenoxy) is 3. The van der Waals surface area contributed by atoms with Crippen LogP contribution in [0.4, 0.5) is 0 Å². The summed E-state index contributed by atoms with van der Waals surface area (Å²) in [6, 6.07) is 21.4. The Kier molecular flexibility index (Phi) is 7.16. The molecule has 3 aromatic carbocycles. The molecule has 0 amide bonds. The molecule has 35 heavy (non-hydrogen) atoms. The smallest absolute Gasteiger partial charge is 0.307 e. The SMILES string of the molecule is CCOCCOc1ccc2c(c1)COCc1ccc(CCc3ccc([C@H]4C[C@@H]4C(=O)O)cc3)cc1-2. The zero-order valence-electron chi connectivity index (χ0n) is 20.2. The molecule has 5 nitrogen and oxygen atoms in total. The highest BCUT2D eigenvalue weighted by Gasteiger charge is 2.43. The van der Waals surface area contributed by atoms with Crippen LogP contribution in [0.5, 0.6) is 5.75 Å². The van der Waals surface area contributed by atoms with Crippen LogP contribution in [0.2, 0.25) is 0 Å². The Morgan fingerprint density at radius 2 is 1.69 bits per heavy atom. The first kappa shape index (κ1) is 23.6. The van der Waals surface area contributed by atoms with Gasteiger partial charge in [0.15, 0.2) is 0 Å². The van der Waals surface area contributed by atoms with E-state index in [1.54, 1.807) is 0 Å². The van der Waals surface area contributed by atoms with Gasteiger partial charge in [0.1, 0.15) is 12.4 Å². The summed E-state index contributed by atoms with van der Waals surface area (Å²) in [6.07, 6.45) is 2.65. The lowest BCUT2D eigenvalue weighted by Crippen LogP contribution is -2.06. The van der Waals surface area contributed by atoms with E-state index >= 15 is 0 Å². The molecule has 1 fully saturated rings. The number of aliphatic carboxylic acids is 1. The lowest BCUT2D eigenvalue weighted by Gasteiger charge is -2.13. The van der Waals surface area contributed by atoms with Gasteiger partial charge in [0, 0.05) is 6.61 Å². The van der Waals surface area contributed by atoms with Crippen molar-refractivity contribution >= 4 is 5.97 Å². The molecule has 1 heterocycles. The van der Waals surface area contributed by atoms with E-state index in [9.17, 15) is 4.79 Å². The summed E-state index contributed by atoms with van der Waals surface area (Å²) in [6.45, 7) is 4.97. The van der Waals surface area contributed by atoms with Gasteiger partial charge in [-0.05, 0) is 83.2 Å². The number of fused-ring (bicyclic) bond motifs is 3. The van der Waals surface area contributed by atoms with Gasteiger partial charge >= 0.3 is 5.97 Å². The minimum Gasteiger partial charge on any atom is -0.491 e. The standard InChI is InChI=1S/C30H32O5/c1-2-33-13-14-35-25-11-12-26-24(16-25)19-34-18-23-10-7-21(15-27(23)26)4-3-20-5-8-22(9-6-20)28-17-29(28)30(31)32/h5-12,15-16,28-29H,2-4,13-14,17-19H2,1H3,(H,31,32)/t28-,29+/m1/s1. The van der Waals surface area contributed by atoms with Crippen LogP contribution in [-0.4, -0.2) is 30.9 Å². The molecule has 2 aliphatic rings. The summed E-state index contributed by atoms with van der Waals surface area (Å²) < 4.78 is 17.2. The van der Waals surface area contributed by atoms with Crippen LogP contribution < -0.4 is 4.74 Å². The third kappa shape index (κ3) is 5.58. The van der Waals surface area contributed by atoms with Gasteiger partial charge in [0.25, 0.3) is 0 Å². The molecule has 0 saturated heterocycles. The normalized spacial score (nSPS) is 18.3. The predicted molar refractivity (Wildman–Crippen MR) is 135 cm³/mol. The zero-order valence-corrected chi connectivity index (χ0v) is 20.2. The van der Waals surface area contributed by atoms with Crippen LogP contribution in [0, 0.1) is 5.92 Å². The van der Waals surface area contributed by atoms with Crippen LogP contribution in [-0.2, 0) is 40.3 Å². The molecule has 0 radical (unpaired) electrons. The molecular formula is C30H32O5. The van der Waals surface area contributed by atoms with Gasteiger partial charge in [0.05, 0.1) is 25.7 Å². The van der Waals surface area contributed by atoms with Crippen molar-refractivity contribution in [1.29, 1.82) is 0 Å². The van der Waals surface area contributed by atoms with E-state index in [4.69, 9.17) is 19.3 Å². The molecule has 3 aromatic rings. The fourth-order valence-corrected chi connectivity index (χ4v) is 4.89. The molecule has 0 aromatic heterocycles. The highest BCUT2D eigenvalue weighted by molar-refractivity contribution is 5.75. The van der Waals surface area contributed by atoms with Crippen LogP contribution >= 0.6 is 0 Å². The fraction of sp³-hybridized carbons (Fsp3) is 0.367. The van der Waals surface area contributed by atoms with E-state index in [-0.39, 0.29) is 11.8 Å². The van der Waals surface area contributed by atoms with E-state index < -0.39 is 5.97 Å². The molecule has 0 spiro atoms. The molecular weight excluding hydrogens is 440 g/mol. The van der Waals surface area contributed by atoms with Crippen LogP contribution in [0.25, 0.3) is 11.1 Å². The van der Waals surface area contributed by atoms with Crippen LogP contribution in [0.1, 0.15) is 47.1 Å². The van der Waals surface area contributed by atoms with Crippen molar-refractivity contribution in [2.24, 2.45) is 5.92 Å². The Bertz CT molecular complexity index is 1180. The summed E-state index contributed by atoms with van der Waals surface area (Å²) in [5.41, 5.74) is 8.51. The number of rotatable bonds is 10. The average Bonchev–Trinajstić information content (AvgIpc) is 3.69. The van der Waals surface area contributed by atoms with Crippen molar-refractivity contribution in [2.75, 3.05) is 19.8 Å². The second-order valence-electron chi connectivity index (χ2n) is 9.38. The third-order valence-electron chi connectivity index (χ3n) is 6.97. The first-order valence-electron chi connectivity index (χ1n) is 12.5. The number of hydrogen-bond acceptors (Lipinski definition) is 4. The minimum absolute atomic E-state index is 0.184. The van der Waals surface area contributed by atoms with E-state index in [1.165, 1.54) is 27.8 Å². The summed E-state index contributed by atoms with van der Waals surface area (Å²) >= 11 is 0. The molecule has 5 rings (SSSR count). The van der Waals surface area contributed by atoms with Gasteiger partial charge in [-0.15, -0.1) is 0 Å². The summed E-state index contributed by atoms with van der Waals surface area (Å²) in [4.78, 5) is 11.1. The molecule has 1 saturated carbocycles. The molecule has 1 aliphatic carbocycles. The third-order valence-corrected chi connectivity index (χ3v) is 6.97. The first-order valence-corrected chi connectivity index (χ1v) is 12.5. The molecule has 0 bridgehead atoms. The maximum Gasteiger partial charge on any atom is 0.307 e. The van der Waals surface area contributed by atoms with E-state index in [0.29, 0.717) is 33.0 Å². The topological polar surface area (TPSA) is 65.0 Å². The van der Waals surface area contributed by atoms with Gasteiger partial charge in [-0.25, -0.2) is 0 Å². The Morgan fingerprint density at radius 3 is 2.46 bits per heavy atom. The van der Waals surface area contributed by atoms with Crippen molar-refractivity contribution in [3.63, 3.8) is 0 Å². The highest BCUT2D eigenvalue weighted by atomic mass is 16.5. The molecule has 5 heteroatoms. The largest absolute Gasteiger partial charge is 0.491 e. The van der Waals surface area contributed by atoms with Crippen molar-refractivity contribution in [3.05, 3.63) is 88.5 Å². The van der Waals surface area contributed by atoms with Crippen molar-refractivity contribution in [1.82, 2.24) is 0 Å². The number of carboxylic acids is 1. The first-order chi connectivity index (χ1) is 17.1. The average molecular weight is 473 g/mol. The molecule has 1 N–H and O–H groups in total. The number of carbonyl (C=O) groups is 1. The number of benzene rings is 3. The number of carboxylic acid groups (broad SMARTS) is 1. The minimum atomic E-state index is -0.681. The summed E-state index contributed by atoms with van der Waals surface area (Å²) in [7, 11) is 0. The lowest BCUT2D eigenvalue weighted by atomic mass is 9.93. The maximum absolute atomic E-state index is 11.1. The van der Waals surface area contributed by atoms with Gasteiger partial charge in [-0.2, -0.15) is 0 Å². The predicted octanol–water partition coefficient (Wildman–Crippen LogP) is 5.77. The van der Waals surface area contributed by atoms with E-state index in [0.717, 1.165) is 36.1 Å². The quantitative estimate of drug-likeness (QED) is 0.379. The monoisotopic (exact) mass is 472 g/mol. The highest BCUT2D eigenvalue weighted by Crippen LogP contribution is 2.47. The lowest BCUT2D eigenvalue weighted by molar-refractivity contribution is -0.138. The summed E-state index contributed by atoms with van der Waals surface area (Å²) in [5, 5.41) is 9.16. The van der Waals surface area contributed by atoms with Gasteiger partial charge in [0.2, 0.25) is 0 Å². The molecule has 2 atom stereocenters. The maximum atomic E-state index is 11.1. The number of aryl methyl sites for hydroxylation is 2. The molecule has 182 valence electrons. The Morgan fingerprint density at radius 1 is 0.914 bits per heavy atom. The van der Waals surface area contributed by atoms with Gasteiger partial charge < -0.3 is 19.3 Å². The number of hydrogen-bond donors (Lipinski definition) is 1. The Balaban J connectivity index is 1.26. The van der Waals surface area contributed by atoms with Gasteiger partial charge in [-0.3, -0.25) is 4.79 Å². The summed E-state index contributed by atoms with van der Waals surface area (Å²) in [5.74, 6) is 0.143. The Labute approximate surface area is 206 Å². The van der Waals surface area contributed by atoms with Gasteiger partial charge in [-0.1, -0.05) is 48.5 Å². The van der Waals surface area contributed by atoms with Crippen molar-refractivity contribution in [3.8, 4) is 16.9 Å². The second-order valence-corrected chi connectivity index (χ2v) is 9.38. The van der Waals surface area contributed by atoms with Crippen molar-refractivity contribution < 1.29 is 24.1 Å². The Hall–Kier alpha value is -3.15. The molecule has 0 unspecified atom stereocenters. The second kappa shape index (κ2) is 10.6. The zero-order chi connectivity index (χ0) is 24.2. The molecule has 1 aliphatic heterocycles. The van der Waals surface area contributed by atoms with Crippen molar-refractivity contribution in [2.45, 2.75) is 45.3 Å². The van der Waals surface area contributed by atoms with Crippen LogP contribution in [0.3, 0.4) is 0 Å². The van der Waals surface area contributed by atoms with E-state index in [2.05, 4.69) is 54.6 Å².